The van der Waals surface area contributed by atoms with Crippen LogP contribution in [-0.2, 0) is 35.2 Å². The summed E-state index contributed by atoms with van der Waals surface area (Å²) in [6.07, 6.45) is 8.73. The molecule has 0 unspecified atom stereocenters. The quantitative estimate of drug-likeness (QED) is 0.104. The van der Waals surface area contributed by atoms with E-state index in [1.165, 1.54) is 24.6 Å². The molecule has 4 bridgehead atoms. The molecule has 338 valence electrons. The highest BCUT2D eigenvalue weighted by atomic mass is 16.5. The average Bonchev–Trinajstić information content (AvgIpc) is 3.81. The molecule has 0 saturated carbocycles. The zero-order valence-corrected chi connectivity index (χ0v) is 36.9. The van der Waals surface area contributed by atoms with Crippen LogP contribution in [0.5, 0.6) is 11.5 Å². The second-order valence-corrected chi connectivity index (χ2v) is 16.5. The standard InChI is InChI=1S/C47H66N6O9/c1-5-6-7-8-9-10-11-12-35(55)27-34(29-54)47(60)53(4)44-33-14-16-43(62-22-19-49)37(28-33)36-25-32(13-15-42(36)61-21-18-48)26-39(51-46(59)31(3)24-41(44)57)40(56)23-30(2)45(58)38-17-20-50-52-38/h13-16,20,25,28,30-31,34,39,44,54H,5-12,17-19,21-24,26-27,29,48-49H2,1-4H3,(H,51,59)/t30-,31-,34+,39+,44+/m1/s1. The number of nitrogens with zero attached hydrogens (tertiary/aromatic N) is 3. The number of likely N-dealkylation sites (N-methyl/N-ethyl adjacent to an activating group) is 1. The van der Waals surface area contributed by atoms with E-state index in [-0.39, 0.29) is 81.5 Å². The summed E-state index contributed by atoms with van der Waals surface area (Å²) in [5, 5.41) is 21.0. The highest BCUT2D eigenvalue weighted by molar-refractivity contribution is 6.43. The predicted molar refractivity (Wildman–Crippen MR) is 238 cm³/mol. The van der Waals surface area contributed by atoms with Gasteiger partial charge in [-0.3, -0.25) is 28.8 Å². The van der Waals surface area contributed by atoms with Crippen LogP contribution in [0.2, 0.25) is 0 Å². The third-order valence-corrected chi connectivity index (χ3v) is 11.4. The summed E-state index contributed by atoms with van der Waals surface area (Å²) in [5.41, 5.74) is 14.0. The number of aliphatic hydroxyl groups is 1. The minimum absolute atomic E-state index is 0.0547. The van der Waals surface area contributed by atoms with Crippen LogP contribution in [-0.4, -0.2) is 103 Å². The van der Waals surface area contributed by atoms with Crippen molar-refractivity contribution < 1.29 is 43.3 Å². The van der Waals surface area contributed by atoms with Gasteiger partial charge in [-0.05, 0) is 48.2 Å². The van der Waals surface area contributed by atoms with Gasteiger partial charge in [0, 0.05) is 81.4 Å². The van der Waals surface area contributed by atoms with Crippen LogP contribution < -0.4 is 26.3 Å². The molecule has 2 aromatic rings. The molecular formula is C47H66N6O9. The number of carbonyl (C=O) groups is 6. The molecule has 0 fully saturated rings. The molecule has 5 atom stereocenters. The van der Waals surface area contributed by atoms with Crippen LogP contribution in [0.4, 0.5) is 0 Å². The lowest BCUT2D eigenvalue weighted by Crippen LogP contribution is -2.46. The summed E-state index contributed by atoms with van der Waals surface area (Å²) in [6, 6.07) is 8.08. The summed E-state index contributed by atoms with van der Waals surface area (Å²) < 4.78 is 12.2. The fourth-order valence-corrected chi connectivity index (χ4v) is 7.91. The number of benzene rings is 2. The van der Waals surface area contributed by atoms with Crippen molar-refractivity contribution in [2.45, 2.75) is 116 Å². The first-order chi connectivity index (χ1) is 29.8. The molecule has 4 rings (SSSR count). The Morgan fingerprint density at radius 2 is 1.55 bits per heavy atom. The SMILES string of the molecule is CCCCCCCCCC(=O)C[C@@H](CO)C(=O)N(C)[C@@H]1C(=O)C[C@@H](C)C(=O)N[C@H](C(=O)C[C@@H](C)C(=O)C2=NN=CC2)Cc2ccc(OCCN)c(c2)-c2cc1ccc2OCCN. The Kier molecular flexibility index (Phi) is 20.1. The van der Waals surface area contributed by atoms with Crippen LogP contribution in [0.25, 0.3) is 11.1 Å². The van der Waals surface area contributed by atoms with Gasteiger partial charge in [-0.15, -0.1) is 0 Å². The topological polar surface area (TPSA) is 233 Å². The second-order valence-electron chi connectivity index (χ2n) is 16.5. The first kappa shape index (κ1) is 49.5. The Balaban J connectivity index is 1.74. The first-order valence-corrected chi connectivity index (χ1v) is 22.1. The van der Waals surface area contributed by atoms with Crippen molar-refractivity contribution >= 4 is 46.9 Å². The van der Waals surface area contributed by atoms with E-state index < -0.39 is 54.0 Å². The molecule has 15 nitrogen and oxygen atoms in total. The number of nitrogens with two attached hydrogens (primary N) is 2. The maximum absolute atomic E-state index is 14.6. The van der Waals surface area contributed by atoms with Crippen molar-refractivity contribution in [1.82, 2.24) is 10.2 Å². The van der Waals surface area contributed by atoms with Crippen LogP contribution >= 0.6 is 0 Å². The number of hydrogen-bond donors (Lipinski definition) is 4. The summed E-state index contributed by atoms with van der Waals surface area (Å²) in [6.45, 7) is 5.51. The Morgan fingerprint density at radius 3 is 2.18 bits per heavy atom. The first-order valence-electron chi connectivity index (χ1n) is 22.1. The van der Waals surface area contributed by atoms with Gasteiger partial charge in [0.15, 0.2) is 17.3 Å². The number of amides is 2. The van der Waals surface area contributed by atoms with E-state index >= 15 is 0 Å². The molecule has 0 aliphatic carbocycles. The molecule has 2 aliphatic heterocycles. The molecule has 15 heteroatoms. The highest BCUT2D eigenvalue weighted by Gasteiger charge is 2.36. The van der Waals surface area contributed by atoms with Crippen molar-refractivity contribution in [2.24, 2.45) is 39.4 Å². The van der Waals surface area contributed by atoms with Crippen molar-refractivity contribution in [2.75, 3.05) is 40.0 Å². The maximum atomic E-state index is 14.6. The molecule has 0 spiro atoms. The molecule has 6 N–H and O–H groups in total. The Hall–Kier alpha value is -5.12. The number of carbonyl (C=O) groups excluding carboxylic acids is 6. The highest BCUT2D eigenvalue weighted by Crippen LogP contribution is 2.41. The zero-order valence-electron chi connectivity index (χ0n) is 36.9. The van der Waals surface area contributed by atoms with Crippen LogP contribution in [0.3, 0.4) is 0 Å². The average molecular weight is 859 g/mol. The van der Waals surface area contributed by atoms with Gasteiger partial charge in [0.25, 0.3) is 0 Å². The zero-order chi connectivity index (χ0) is 45.2. The maximum Gasteiger partial charge on any atom is 0.229 e. The van der Waals surface area contributed by atoms with Crippen molar-refractivity contribution in [3.8, 4) is 22.6 Å². The fourth-order valence-electron chi connectivity index (χ4n) is 7.91. The molecule has 2 aliphatic rings. The minimum Gasteiger partial charge on any atom is -0.492 e. The van der Waals surface area contributed by atoms with E-state index in [0.29, 0.717) is 46.6 Å². The summed E-state index contributed by atoms with van der Waals surface area (Å²) >= 11 is 0. The van der Waals surface area contributed by atoms with Crippen LogP contribution in [0.15, 0.2) is 46.6 Å². The number of Topliss-reactive ketones (excluding diaryl/α,β-unsaturated/α-hetero) is 4. The number of hydrogen-bond acceptors (Lipinski definition) is 13. The van der Waals surface area contributed by atoms with Gasteiger partial charge < -0.3 is 36.3 Å². The van der Waals surface area contributed by atoms with Crippen LogP contribution in [0, 0.1) is 17.8 Å². The van der Waals surface area contributed by atoms with Crippen molar-refractivity contribution in [1.29, 1.82) is 0 Å². The van der Waals surface area contributed by atoms with E-state index in [0.717, 1.165) is 32.1 Å². The molecule has 2 aromatic carbocycles. The largest absolute Gasteiger partial charge is 0.492 e. The van der Waals surface area contributed by atoms with Gasteiger partial charge in [0.05, 0.1) is 18.6 Å². The Morgan fingerprint density at radius 1 is 0.903 bits per heavy atom. The predicted octanol–water partition coefficient (Wildman–Crippen LogP) is 4.87. The monoisotopic (exact) mass is 858 g/mol. The molecule has 62 heavy (non-hydrogen) atoms. The van der Waals surface area contributed by atoms with E-state index in [2.05, 4.69) is 22.4 Å². The number of nitrogens with one attached hydrogen (secondary N) is 1. The Labute approximate surface area is 365 Å². The normalized spacial score (nSPS) is 18.6. The fraction of sp³-hybridized carbons (Fsp3) is 0.574. The molecule has 0 radical (unpaired) electrons. The van der Waals surface area contributed by atoms with Gasteiger partial charge >= 0.3 is 0 Å². The lowest BCUT2D eigenvalue weighted by molar-refractivity contribution is -0.144. The number of ketones is 4. The molecule has 2 heterocycles. The van der Waals surface area contributed by atoms with Gasteiger partial charge in [0.2, 0.25) is 11.8 Å². The number of rotatable bonds is 24. The molecule has 0 aromatic heterocycles. The molecular weight excluding hydrogens is 793 g/mol. The smallest absolute Gasteiger partial charge is 0.229 e. The van der Waals surface area contributed by atoms with Gasteiger partial charge in [-0.2, -0.15) is 10.2 Å². The van der Waals surface area contributed by atoms with E-state index in [1.54, 1.807) is 44.2 Å². The van der Waals surface area contributed by atoms with Gasteiger partial charge in [0.1, 0.15) is 42.2 Å². The number of aliphatic hydroxyl groups excluding tert-OH is 1. The van der Waals surface area contributed by atoms with E-state index in [4.69, 9.17) is 20.9 Å². The summed E-state index contributed by atoms with van der Waals surface area (Å²) in [4.78, 5) is 84.2. The number of ether oxygens (including phenoxy) is 2. The minimum atomic E-state index is -1.25. The second kappa shape index (κ2) is 25.1. The lowest BCUT2D eigenvalue weighted by Gasteiger charge is -2.32. The molecule has 2 amide bonds. The van der Waals surface area contributed by atoms with E-state index in [9.17, 15) is 33.9 Å². The van der Waals surface area contributed by atoms with Gasteiger partial charge in [-0.1, -0.05) is 71.4 Å². The summed E-state index contributed by atoms with van der Waals surface area (Å²) in [7, 11) is 1.46. The number of fused-ring (bicyclic) bond motifs is 5. The Bertz CT molecular complexity index is 1950. The van der Waals surface area contributed by atoms with E-state index in [1.807, 2.05) is 6.07 Å². The number of unbranched alkanes of at least 4 members (excludes halogenated alkanes) is 6. The lowest BCUT2D eigenvalue weighted by atomic mass is 9.87. The summed E-state index contributed by atoms with van der Waals surface area (Å²) in [5.74, 6) is -4.40. The third-order valence-electron chi connectivity index (χ3n) is 11.4. The van der Waals surface area contributed by atoms with Gasteiger partial charge in [-0.25, -0.2) is 0 Å². The third kappa shape index (κ3) is 13.9. The van der Waals surface area contributed by atoms with Crippen molar-refractivity contribution in [3.63, 3.8) is 0 Å². The van der Waals surface area contributed by atoms with Crippen molar-refractivity contribution in [3.05, 3.63) is 47.5 Å². The molecule has 0 saturated heterocycles. The van der Waals surface area contributed by atoms with Crippen LogP contribution in [0.1, 0.15) is 115 Å².